The van der Waals surface area contributed by atoms with E-state index in [1.807, 2.05) is 48.5 Å². The van der Waals surface area contributed by atoms with E-state index in [1.165, 1.54) is 18.7 Å². The van der Waals surface area contributed by atoms with Crippen molar-refractivity contribution in [2.24, 2.45) is 0 Å². The van der Waals surface area contributed by atoms with Gasteiger partial charge in [0.1, 0.15) is 17.4 Å². The molecule has 176 valence electrons. The van der Waals surface area contributed by atoms with Crippen LogP contribution in [0.5, 0.6) is 5.75 Å². The van der Waals surface area contributed by atoms with Crippen molar-refractivity contribution in [2.75, 3.05) is 24.7 Å². The number of halogens is 1. The quantitative estimate of drug-likeness (QED) is 0.336. The molecule has 5 rings (SSSR count). The maximum absolute atomic E-state index is 15.1. The molecule has 0 fully saturated rings. The van der Waals surface area contributed by atoms with Crippen molar-refractivity contribution in [3.8, 4) is 17.0 Å². The maximum atomic E-state index is 15.1. The second-order valence-corrected chi connectivity index (χ2v) is 8.13. The molecule has 0 atom stereocenters. The number of rotatable bonds is 8. The molecule has 0 aliphatic heterocycles. The van der Waals surface area contributed by atoms with E-state index in [2.05, 4.69) is 32.5 Å². The minimum absolute atomic E-state index is 0.301. The van der Waals surface area contributed by atoms with Crippen LogP contribution in [0.3, 0.4) is 0 Å². The highest BCUT2D eigenvalue weighted by Crippen LogP contribution is 2.34. The van der Waals surface area contributed by atoms with Crippen LogP contribution in [0.1, 0.15) is 11.1 Å². The van der Waals surface area contributed by atoms with Crippen LogP contribution in [-0.2, 0) is 13.0 Å². The summed E-state index contributed by atoms with van der Waals surface area (Å²) in [7, 11) is 1.50. The van der Waals surface area contributed by atoms with Gasteiger partial charge >= 0.3 is 0 Å². The number of methoxy groups -OCH3 is 1. The lowest BCUT2D eigenvalue weighted by Gasteiger charge is -2.10. The van der Waals surface area contributed by atoms with Crippen LogP contribution < -0.4 is 15.8 Å². The molecule has 0 bridgehead atoms. The van der Waals surface area contributed by atoms with E-state index >= 15 is 4.39 Å². The molecule has 3 N–H and O–H groups in total. The van der Waals surface area contributed by atoms with Crippen LogP contribution in [-0.4, -0.2) is 33.4 Å². The zero-order valence-corrected chi connectivity index (χ0v) is 19.3. The number of nitrogen functional groups attached to an aromatic ring is 1. The zero-order chi connectivity index (χ0) is 24.2. The number of ether oxygens (including phenoxy) is 1. The largest absolute Gasteiger partial charge is 0.497 e. The molecule has 35 heavy (non-hydrogen) atoms. The fraction of sp³-hybridized carbons (Fsp3) is 0.148. The molecule has 0 radical (unpaired) electrons. The summed E-state index contributed by atoms with van der Waals surface area (Å²) >= 11 is 0. The molecule has 0 aliphatic rings. The monoisotopic (exact) mass is 468 g/mol. The van der Waals surface area contributed by atoms with E-state index < -0.39 is 5.82 Å². The molecule has 3 aromatic carbocycles. The van der Waals surface area contributed by atoms with Gasteiger partial charge in [-0.15, -0.1) is 5.10 Å². The number of aromatic nitrogens is 4. The number of fused-ring (bicyclic) bond motifs is 1. The van der Waals surface area contributed by atoms with Crippen molar-refractivity contribution in [1.29, 1.82) is 0 Å². The molecule has 0 aliphatic carbocycles. The van der Waals surface area contributed by atoms with E-state index in [0.717, 1.165) is 12.0 Å². The summed E-state index contributed by atoms with van der Waals surface area (Å²) in [6.07, 6.45) is 0.791. The predicted octanol–water partition coefficient (Wildman–Crippen LogP) is 4.93. The highest BCUT2D eigenvalue weighted by atomic mass is 19.1. The number of hydrogen-bond donors (Lipinski definition) is 2. The standard InChI is InChI=1S/C27H25FN6O/c1-35-20-12-13-21(22(28)16-20)24-23-25(29)34(17-19-10-6-3-7-11-19)33-26(23)32-27(31-24)30-15-14-18-8-4-2-5-9-18/h2-13,16H,14-15,17,29H2,1H3,(H,30,32,33). The predicted molar refractivity (Wildman–Crippen MR) is 136 cm³/mol. The Bertz CT molecular complexity index is 1450. The number of benzene rings is 3. The highest BCUT2D eigenvalue weighted by Gasteiger charge is 2.21. The van der Waals surface area contributed by atoms with E-state index in [4.69, 9.17) is 10.5 Å². The number of hydrogen-bond acceptors (Lipinski definition) is 6. The first-order valence-corrected chi connectivity index (χ1v) is 11.3. The Morgan fingerprint density at radius 3 is 2.34 bits per heavy atom. The maximum Gasteiger partial charge on any atom is 0.225 e. The first-order chi connectivity index (χ1) is 17.1. The van der Waals surface area contributed by atoms with Gasteiger partial charge < -0.3 is 15.8 Å². The minimum atomic E-state index is -0.463. The number of nitrogens with two attached hydrogens (primary N) is 1. The molecule has 5 aromatic rings. The van der Waals surface area contributed by atoms with Gasteiger partial charge in [0.05, 0.1) is 24.7 Å². The van der Waals surface area contributed by atoms with E-state index in [1.54, 1.807) is 16.8 Å². The summed E-state index contributed by atoms with van der Waals surface area (Å²) in [6.45, 7) is 1.07. The molecule has 0 saturated carbocycles. The summed E-state index contributed by atoms with van der Waals surface area (Å²) in [6, 6.07) is 24.7. The molecule has 2 aromatic heterocycles. The number of nitrogens with one attached hydrogen (secondary N) is 1. The lowest BCUT2D eigenvalue weighted by atomic mass is 10.1. The third-order valence-corrected chi connectivity index (χ3v) is 5.79. The lowest BCUT2D eigenvalue weighted by Crippen LogP contribution is -2.09. The zero-order valence-electron chi connectivity index (χ0n) is 19.3. The Balaban J connectivity index is 1.55. The Morgan fingerprint density at radius 2 is 1.66 bits per heavy atom. The normalized spacial score (nSPS) is 11.0. The van der Waals surface area contributed by atoms with Crippen molar-refractivity contribution in [2.45, 2.75) is 13.0 Å². The average molecular weight is 469 g/mol. The van der Waals surface area contributed by atoms with Gasteiger partial charge in [0.2, 0.25) is 5.95 Å². The third-order valence-electron chi connectivity index (χ3n) is 5.79. The lowest BCUT2D eigenvalue weighted by molar-refractivity contribution is 0.411. The summed E-state index contributed by atoms with van der Waals surface area (Å²) in [4.78, 5) is 9.26. The van der Waals surface area contributed by atoms with Crippen molar-refractivity contribution in [3.05, 3.63) is 95.8 Å². The topological polar surface area (TPSA) is 90.9 Å². The van der Waals surface area contributed by atoms with Crippen LogP contribution in [0.15, 0.2) is 78.9 Å². The fourth-order valence-corrected chi connectivity index (χ4v) is 3.98. The second kappa shape index (κ2) is 9.80. The van der Waals surface area contributed by atoms with Crippen LogP contribution in [0.2, 0.25) is 0 Å². The molecule has 0 saturated heterocycles. The van der Waals surface area contributed by atoms with Crippen LogP contribution in [0.4, 0.5) is 16.2 Å². The van der Waals surface area contributed by atoms with Crippen LogP contribution >= 0.6 is 0 Å². The summed E-state index contributed by atoms with van der Waals surface area (Å²) < 4.78 is 21.9. The van der Waals surface area contributed by atoms with Gasteiger partial charge in [0, 0.05) is 18.2 Å². The first kappa shape index (κ1) is 22.3. The van der Waals surface area contributed by atoms with Crippen molar-refractivity contribution in [3.63, 3.8) is 0 Å². The molecule has 0 unspecified atom stereocenters. The molecule has 0 spiro atoms. The molecule has 0 amide bonds. The Labute approximate surface area is 202 Å². The Morgan fingerprint density at radius 1 is 0.943 bits per heavy atom. The molecule has 8 heteroatoms. The smallest absolute Gasteiger partial charge is 0.225 e. The molecule has 2 heterocycles. The van der Waals surface area contributed by atoms with Gasteiger partial charge in [0.25, 0.3) is 0 Å². The number of anilines is 2. The van der Waals surface area contributed by atoms with E-state index in [0.29, 0.717) is 52.9 Å². The minimum Gasteiger partial charge on any atom is -0.497 e. The van der Waals surface area contributed by atoms with Crippen LogP contribution in [0.25, 0.3) is 22.3 Å². The van der Waals surface area contributed by atoms with Gasteiger partial charge in [-0.2, -0.15) is 4.98 Å². The van der Waals surface area contributed by atoms with Crippen molar-refractivity contribution >= 4 is 22.8 Å². The van der Waals surface area contributed by atoms with Gasteiger partial charge in [-0.25, -0.2) is 14.1 Å². The van der Waals surface area contributed by atoms with Crippen molar-refractivity contribution < 1.29 is 9.13 Å². The van der Waals surface area contributed by atoms with Gasteiger partial charge in [-0.1, -0.05) is 60.7 Å². The number of nitrogens with zero attached hydrogens (tertiary/aromatic N) is 4. The fourth-order valence-electron chi connectivity index (χ4n) is 3.98. The van der Waals surface area contributed by atoms with Gasteiger partial charge in [-0.05, 0) is 29.7 Å². The average Bonchev–Trinajstić information content (AvgIpc) is 3.19. The molecular formula is C27H25FN6O. The van der Waals surface area contributed by atoms with Gasteiger partial charge in [0.15, 0.2) is 5.65 Å². The van der Waals surface area contributed by atoms with E-state index in [9.17, 15) is 0 Å². The highest BCUT2D eigenvalue weighted by molar-refractivity contribution is 5.99. The summed E-state index contributed by atoms with van der Waals surface area (Å²) in [5, 5.41) is 8.41. The van der Waals surface area contributed by atoms with Crippen molar-refractivity contribution in [1.82, 2.24) is 19.7 Å². The summed E-state index contributed by atoms with van der Waals surface area (Å²) in [5.41, 5.74) is 9.83. The van der Waals surface area contributed by atoms with Gasteiger partial charge in [-0.3, -0.25) is 0 Å². The molecular weight excluding hydrogens is 443 g/mol. The van der Waals surface area contributed by atoms with Crippen LogP contribution in [0, 0.1) is 5.82 Å². The third kappa shape index (κ3) is 4.77. The first-order valence-electron chi connectivity index (χ1n) is 11.3. The Kier molecular flexibility index (Phi) is 6.26. The SMILES string of the molecule is COc1ccc(-c2nc(NCCc3ccccc3)nc3nn(Cc4ccccc4)c(N)c23)c(F)c1. The summed E-state index contributed by atoms with van der Waals surface area (Å²) in [5.74, 6) is 0.702. The Hall–Kier alpha value is -4.46. The second-order valence-electron chi connectivity index (χ2n) is 8.13. The molecule has 7 nitrogen and oxygen atoms in total. The van der Waals surface area contributed by atoms with E-state index in [-0.39, 0.29) is 0 Å².